The van der Waals surface area contributed by atoms with Gasteiger partial charge in [0.2, 0.25) is 0 Å². The van der Waals surface area contributed by atoms with Gasteiger partial charge >= 0.3 is 0 Å². The highest BCUT2D eigenvalue weighted by Crippen LogP contribution is 2.43. The maximum Gasteiger partial charge on any atom is 0.138 e. The summed E-state index contributed by atoms with van der Waals surface area (Å²) in [5, 5.41) is 2.10. The maximum absolute atomic E-state index is 12.3. The lowest BCUT2D eigenvalue weighted by molar-refractivity contribution is -0.271. The molecule has 0 aliphatic carbocycles. The maximum atomic E-state index is 12.3. The Labute approximate surface area is 124 Å². The molecule has 1 saturated heterocycles. The van der Waals surface area contributed by atoms with E-state index in [9.17, 15) is 4.79 Å². The molecular weight excluding hydrogens is 252 g/mol. The molecule has 0 aromatic carbocycles. The molecule has 1 aliphatic heterocycles. The van der Waals surface area contributed by atoms with E-state index in [2.05, 4.69) is 32.8 Å². The number of Topliss-reactive ketones (excluding diaryl/α,β-unsaturated/α-hetero) is 1. The van der Waals surface area contributed by atoms with Gasteiger partial charge < -0.3 is 11.0 Å². The molecule has 120 valence electrons. The zero-order valence-corrected chi connectivity index (χ0v) is 14.7. The summed E-state index contributed by atoms with van der Waals surface area (Å²) in [5.41, 5.74) is -0.286. The molecule has 4 nitrogen and oxygen atoms in total. The zero-order chi connectivity index (χ0) is 15.1. The van der Waals surface area contributed by atoms with Crippen LogP contribution in [-0.4, -0.2) is 29.0 Å². The first-order chi connectivity index (χ1) is 8.40. The van der Waals surface area contributed by atoms with E-state index in [0.717, 1.165) is 12.8 Å². The minimum atomic E-state index is -0.229. The summed E-state index contributed by atoms with van der Waals surface area (Å²) in [4.78, 5) is 17.9. The Kier molecular flexibility index (Phi) is 5.98. The fourth-order valence-electron chi connectivity index (χ4n) is 3.68. The lowest BCUT2D eigenvalue weighted by atomic mass is 9.71. The number of ketones is 1. The fourth-order valence-corrected chi connectivity index (χ4v) is 3.68. The SMILES string of the molecule is CON1C(C)(C)CC(CC(=O)C(C)(C)C)CC1(C)C.N. The van der Waals surface area contributed by atoms with Crippen LogP contribution in [-0.2, 0) is 9.63 Å². The third kappa shape index (κ3) is 4.27. The summed E-state index contributed by atoms with van der Waals surface area (Å²) in [5.74, 6) is 0.818. The van der Waals surface area contributed by atoms with Gasteiger partial charge in [0.05, 0.1) is 7.11 Å². The third-order valence-corrected chi connectivity index (χ3v) is 4.17. The smallest absolute Gasteiger partial charge is 0.138 e. The molecule has 1 aliphatic rings. The normalized spacial score (nSPS) is 23.2. The van der Waals surface area contributed by atoms with Gasteiger partial charge in [-0.2, -0.15) is 5.06 Å². The van der Waals surface area contributed by atoms with E-state index >= 15 is 0 Å². The van der Waals surface area contributed by atoms with Crippen LogP contribution < -0.4 is 6.15 Å². The average molecular weight is 286 g/mol. The predicted molar refractivity (Wildman–Crippen MR) is 83.8 cm³/mol. The Balaban J connectivity index is 0.00000361. The molecule has 1 heterocycles. The van der Waals surface area contributed by atoms with Crippen LogP contribution in [0.15, 0.2) is 0 Å². The van der Waals surface area contributed by atoms with Crippen molar-refractivity contribution in [2.75, 3.05) is 7.11 Å². The molecule has 0 spiro atoms. The first kappa shape index (κ1) is 19.6. The Bertz CT molecular complexity index is 325. The van der Waals surface area contributed by atoms with Crippen molar-refractivity contribution in [3.8, 4) is 0 Å². The highest BCUT2D eigenvalue weighted by molar-refractivity contribution is 5.83. The van der Waals surface area contributed by atoms with Crippen LogP contribution in [0.3, 0.4) is 0 Å². The van der Waals surface area contributed by atoms with Crippen molar-refractivity contribution in [3.05, 3.63) is 0 Å². The monoisotopic (exact) mass is 286 g/mol. The van der Waals surface area contributed by atoms with Crippen molar-refractivity contribution >= 4 is 5.78 Å². The third-order valence-electron chi connectivity index (χ3n) is 4.17. The van der Waals surface area contributed by atoms with E-state index in [4.69, 9.17) is 4.84 Å². The topological polar surface area (TPSA) is 64.5 Å². The number of rotatable bonds is 3. The van der Waals surface area contributed by atoms with Gasteiger partial charge in [0.15, 0.2) is 0 Å². The van der Waals surface area contributed by atoms with Crippen molar-refractivity contribution in [2.24, 2.45) is 11.3 Å². The standard InChI is InChI=1S/C16H31NO2.H3N/c1-14(2,3)13(18)9-12-10-15(4,5)17(19-8)16(6,7)11-12;/h12H,9-11H2,1-8H3;1H3. The van der Waals surface area contributed by atoms with E-state index in [0.29, 0.717) is 18.1 Å². The van der Waals surface area contributed by atoms with Crippen molar-refractivity contribution in [1.82, 2.24) is 11.2 Å². The number of carbonyl (C=O) groups excluding carboxylic acids is 1. The molecular formula is C16H34N2O2. The summed E-state index contributed by atoms with van der Waals surface area (Å²) < 4.78 is 0. The van der Waals surface area contributed by atoms with Gasteiger partial charge in [-0.3, -0.25) is 4.79 Å². The Morgan fingerprint density at radius 3 is 1.85 bits per heavy atom. The first-order valence-corrected chi connectivity index (χ1v) is 7.28. The highest BCUT2D eigenvalue weighted by Gasteiger charge is 2.46. The van der Waals surface area contributed by atoms with Crippen LogP contribution in [0.25, 0.3) is 0 Å². The largest absolute Gasteiger partial charge is 0.344 e. The number of hydrogen-bond acceptors (Lipinski definition) is 4. The minimum absolute atomic E-state index is 0. The van der Waals surface area contributed by atoms with Crippen LogP contribution in [0.4, 0.5) is 0 Å². The van der Waals surface area contributed by atoms with Gasteiger partial charge in [-0.15, -0.1) is 0 Å². The second-order valence-electron chi connectivity index (χ2n) is 8.25. The van der Waals surface area contributed by atoms with Crippen molar-refractivity contribution in [3.63, 3.8) is 0 Å². The quantitative estimate of drug-likeness (QED) is 0.852. The molecule has 0 aromatic heterocycles. The summed E-state index contributed by atoms with van der Waals surface area (Å²) in [6, 6.07) is 0. The van der Waals surface area contributed by atoms with Crippen molar-refractivity contribution in [2.45, 2.75) is 78.8 Å². The molecule has 1 fully saturated rings. The summed E-state index contributed by atoms with van der Waals surface area (Å²) in [7, 11) is 1.74. The zero-order valence-electron chi connectivity index (χ0n) is 14.7. The predicted octanol–water partition coefficient (Wildman–Crippen LogP) is 3.98. The molecule has 0 aromatic rings. The molecule has 0 saturated carbocycles. The van der Waals surface area contributed by atoms with E-state index < -0.39 is 0 Å². The molecule has 0 amide bonds. The Hall–Kier alpha value is -0.450. The van der Waals surface area contributed by atoms with Crippen LogP contribution >= 0.6 is 0 Å². The molecule has 0 unspecified atom stereocenters. The Morgan fingerprint density at radius 2 is 1.55 bits per heavy atom. The lowest BCUT2D eigenvalue weighted by Crippen LogP contribution is -2.60. The second kappa shape index (κ2) is 6.12. The van der Waals surface area contributed by atoms with Gasteiger partial charge in [0, 0.05) is 22.9 Å². The second-order valence-corrected chi connectivity index (χ2v) is 8.25. The van der Waals surface area contributed by atoms with Gasteiger partial charge in [0.25, 0.3) is 0 Å². The fraction of sp³-hybridized carbons (Fsp3) is 0.938. The van der Waals surface area contributed by atoms with E-state index in [-0.39, 0.29) is 22.6 Å². The summed E-state index contributed by atoms with van der Waals surface area (Å²) in [6.45, 7) is 14.8. The minimum Gasteiger partial charge on any atom is -0.344 e. The first-order valence-electron chi connectivity index (χ1n) is 7.28. The van der Waals surface area contributed by atoms with Gasteiger partial charge in [0.1, 0.15) is 5.78 Å². The summed E-state index contributed by atoms with van der Waals surface area (Å²) in [6.07, 6.45) is 2.70. The molecule has 4 heteroatoms. The Morgan fingerprint density at radius 1 is 1.15 bits per heavy atom. The van der Waals surface area contributed by atoms with Crippen LogP contribution in [0.1, 0.15) is 67.7 Å². The van der Waals surface area contributed by atoms with E-state index in [1.807, 2.05) is 20.8 Å². The highest BCUT2D eigenvalue weighted by atomic mass is 16.7. The van der Waals surface area contributed by atoms with Gasteiger partial charge in [-0.1, -0.05) is 20.8 Å². The number of hydroxylamine groups is 2. The van der Waals surface area contributed by atoms with E-state index in [1.54, 1.807) is 7.11 Å². The number of piperidine rings is 1. The molecule has 0 atom stereocenters. The number of hydrogen-bond donors (Lipinski definition) is 1. The van der Waals surface area contributed by atoms with E-state index in [1.165, 1.54) is 0 Å². The van der Waals surface area contributed by atoms with Crippen LogP contribution in [0.5, 0.6) is 0 Å². The molecule has 1 rings (SSSR count). The average Bonchev–Trinajstić information content (AvgIpc) is 2.11. The molecule has 0 radical (unpaired) electrons. The van der Waals surface area contributed by atoms with Crippen molar-refractivity contribution in [1.29, 1.82) is 0 Å². The molecule has 3 N–H and O–H groups in total. The van der Waals surface area contributed by atoms with Crippen molar-refractivity contribution < 1.29 is 9.63 Å². The van der Waals surface area contributed by atoms with Crippen LogP contribution in [0, 0.1) is 11.3 Å². The van der Waals surface area contributed by atoms with Gasteiger partial charge in [-0.05, 0) is 46.5 Å². The lowest BCUT2D eigenvalue weighted by Gasteiger charge is -2.53. The van der Waals surface area contributed by atoms with Gasteiger partial charge in [-0.25, -0.2) is 0 Å². The van der Waals surface area contributed by atoms with Crippen LogP contribution in [0.2, 0.25) is 0 Å². The number of carbonyl (C=O) groups is 1. The summed E-state index contributed by atoms with van der Waals surface area (Å²) >= 11 is 0. The molecule has 0 bridgehead atoms. The molecule has 20 heavy (non-hydrogen) atoms. The number of nitrogens with zero attached hydrogens (tertiary/aromatic N) is 1.